The molecule has 1 aromatic rings. The zero-order valence-corrected chi connectivity index (χ0v) is 8.33. The molecule has 0 unspecified atom stereocenters. The van der Waals surface area contributed by atoms with Crippen molar-refractivity contribution < 1.29 is 14.6 Å². The Morgan fingerprint density at radius 2 is 2.00 bits per heavy atom. The largest absolute Gasteiger partial charge is 0.505 e. The first-order valence-corrected chi connectivity index (χ1v) is 5.00. The van der Waals surface area contributed by atoms with Gasteiger partial charge in [-0.15, -0.1) is 0 Å². The van der Waals surface area contributed by atoms with Gasteiger partial charge in [0.05, 0.1) is 0 Å². The molecule has 0 aliphatic heterocycles. The van der Waals surface area contributed by atoms with Gasteiger partial charge in [-0.2, -0.15) is 4.39 Å². The Hall–Kier alpha value is -1.29. The first kappa shape index (κ1) is 10.2. The highest BCUT2D eigenvalue weighted by atomic mass is 19.1. The number of aromatic hydroxyl groups is 2. The van der Waals surface area contributed by atoms with Crippen LogP contribution in [0, 0.1) is 5.82 Å². The summed E-state index contributed by atoms with van der Waals surface area (Å²) in [7, 11) is 0. The van der Waals surface area contributed by atoms with Gasteiger partial charge >= 0.3 is 0 Å². The number of phenolic OH excluding ortho intramolecular Hbond substituents is 2. The van der Waals surface area contributed by atoms with Crippen molar-refractivity contribution in [3.8, 4) is 11.5 Å². The molecule has 0 heterocycles. The van der Waals surface area contributed by atoms with E-state index in [2.05, 4.69) is 0 Å². The molecule has 1 saturated carbocycles. The van der Waals surface area contributed by atoms with Crippen molar-refractivity contribution in [2.75, 3.05) is 0 Å². The minimum Gasteiger partial charge on any atom is -0.505 e. The molecule has 82 valence electrons. The average Bonchev–Trinajstić information content (AvgIpc) is 2.93. The summed E-state index contributed by atoms with van der Waals surface area (Å²) in [5, 5.41) is 18.4. The Morgan fingerprint density at radius 1 is 1.33 bits per heavy atom. The van der Waals surface area contributed by atoms with Gasteiger partial charge in [-0.05, 0) is 37.3 Å². The Kier molecular flexibility index (Phi) is 2.31. The second-order valence-electron chi connectivity index (χ2n) is 4.27. The number of hydrogen-bond donors (Lipinski definition) is 3. The molecule has 4 N–H and O–H groups in total. The van der Waals surface area contributed by atoms with E-state index < -0.39 is 17.3 Å². The molecular formula is C11H14FNO2. The number of halogens is 1. The average molecular weight is 211 g/mol. The van der Waals surface area contributed by atoms with E-state index >= 15 is 0 Å². The normalized spacial score (nSPS) is 17.7. The fourth-order valence-electron chi connectivity index (χ4n) is 1.59. The first-order chi connectivity index (χ1) is 7.02. The third kappa shape index (κ3) is 2.04. The summed E-state index contributed by atoms with van der Waals surface area (Å²) in [4.78, 5) is 0. The standard InChI is InChI=1S/C11H14FNO2/c12-9-8(14)2-1-7(10(9)15)3-4-11(13)5-6-11/h1-2,14-15H,3-6,13H2. The van der Waals surface area contributed by atoms with Crippen LogP contribution in [0.25, 0.3) is 0 Å². The number of nitrogens with two attached hydrogens (primary N) is 1. The van der Waals surface area contributed by atoms with Crippen molar-refractivity contribution in [3.05, 3.63) is 23.5 Å². The Balaban J connectivity index is 2.11. The van der Waals surface area contributed by atoms with E-state index in [0.717, 1.165) is 19.3 Å². The Morgan fingerprint density at radius 3 is 2.60 bits per heavy atom. The van der Waals surface area contributed by atoms with Gasteiger partial charge in [0.25, 0.3) is 0 Å². The van der Waals surface area contributed by atoms with Gasteiger partial charge in [-0.25, -0.2) is 0 Å². The SMILES string of the molecule is NC1(CCc2ccc(O)c(F)c2O)CC1. The fourth-order valence-corrected chi connectivity index (χ4v) is 1.59. The molecule has 0 atom stereocenters. The molecule has 0 amide bonds. The van der Waals surface area contributed by atoms with Gasteiger partial charge in [0.15, 0.2) is 11.5 Å². The summed E-state index contributed by atoms with van der Waals surface area (Å²) in [6.45, 7) is 0. The molecule has 0 aromatic heterocycles. The molecule has 3 nitrogen and oxygen atoms in total. The maximum absolute atomic E-state index is 13.1. The molecule has 0 bridgehead atoms. The summed E-state index contributed by atoms with van der Waals surface area (Å²) < 4.78 is 13.1. The molecular weight excluding hydrogens is 197 g/mol. The van der Waals surface area contributed by atoms with Crippen LogP contribution >= 0.6 is 0 Å². The van der Waals surface area contributed by atoms with Gasteiger partial charge in [-0.3, -0.25) is 0 Å². The first-order valence-electron chi connectivity index (χ1n) is 5.00. The summed E-state index contributed by atoms with van der Waals surface area (Å²) in [5.74, 6) is -1.93. The van der Waals surface area contributed by atoms with Crippen LogP contribution < -0.4 is 5.73 Å². The topological polar surface area (TPSA) is 66.5 Å². The van der Waals surface area contributed by atoms with E-state index in [-0.39, 0.29) is 5.54 Å². The summed E-state index contributed by atoms with van der Waals surface area (Å²) in [6, 6.07) is 2.78. The molecule has 0 radical (unpaired) electrons. The van der Waals surface area contributed by atoms with Crippen LogP contribution in [0.4, 0.5) is 4.39 Å². The number of benzene rings is 1. The van der Waals surface area contributed by atoms with Gasteiger partial charge in [0, 0.05) is 5.54 Å². The van der Waals surface area contributed by atoms with Gasteiger partial charge in [0.2, 0.25) is 5.82 Å². The van der Waals surface area contributed by atoms with Crippen molar-refractivity contribution in [3.63, 3.8) is 0 Å². The van der Waals surface area contributed by atoms with E-state index in [1.807, 2.05) is 0 Å². The highest BCUT2D eigenvalue weighted by Gasteiger charge is 2.37. The van der Waals surface area contributed by atoms with Crippen LogP contribution in [-0.4, -0.2) is 15.8 Å². The Labute approximate surface area is 87.3 Å². The second kappa shape index (κ2) is 3.38. The van der Waals surface area contributed by atoms with Crippen LogP contribution in [0.15, 0.2) is 12.1 Å². The van der Waals surface area contributed by atoms with Crippen molar-refractivity contribution in [2.45, 2.75) is 31.2 Å². The Bertz CT molecular complexity index is 388. The lowest BCUT2D eigenvalue weighted by atomic mass is 10.0. The zero-order valence-electron chi connectivity index (χ0n) is 8.33. The van der Waals surface area contributed by atoms with Crippen molar-refractivity contribution in [1.82, 2.24) is 0 Å². The second-order valence-corrected chi connectivity index (χ2v) is 4.27. The van der Waals surface area contributed by atoms with Crippen molar-refractivity contribution >= 4 is 0 Å². The van der Waals surface area contributed by atoms with Crippen molar-refractivity contribution in [1.29, 1.82) is 0 Å². The van der Waals surface area contributed by atoms with Gasteiger partial charge < -0.3 is 15.9 Å². The number of phenols is 2. The van der Waals surface area contributed by atoms with E-state index in [9.17, 15) is 9.50 Å². The maximum Gasteiger partial charge on any atom is 0.206 e. The van der Waals surface area contributed by atoms with Gasteiger partial charge in [0.1, 0.15) is 0 Å². The molecule has 4 heteroatoms. The molecule has 0 spiro atoms. The van der Waals surface area contributed by atoms with Crippen LogP contribution in [0.2, 0.25) is 0 Å². The monoisotopic (exact) mass is 211 g/mol. The quantitative estimate of drug-likeness (QED) is 0.712. The van der Waals surface area contributed by atoms with Crippen LogP contribution in [0.1, 0.15) is 24.8 Å². The highest BCUT2D eigenvalue weighted by Crippen LogP contribution is 2.38. The minimum absolute atomic E-state index is 0.110. The number of hydrogen-bond acceptors (Lipinski definition) is 3. The van der Waals surface area contributed by atoms with Crippen LogP contribution in [-0.2, 0) is 6.42 Å². The third-order valence-electron chi connectivity index (χ3n) is 2.96. The van der Waals surface area contributed by atoms with Crippen LogP contribution in [0.3, 0.4) is 0 Å². The van der Waals surface area contributed by atoms with Gasteiger partial charge in [-0.1, -0.05) is 6.07 Å². The molecule has 1 fully saturated rings. The predicted octanol–water partition coefficient (Wildman–Crippen LogP) is 1.66. The molecule has 1 aliphatic carbocycles. The lowest BCUT2D eigenvalue weighted by Crippen LogP contribution is -2.22. The summed E-state index contributed by atoms with van der Waals surface area (Å²) in [5.41, 5.74) is 6.28. The van der Waals surface area contributed by atoms with Crippen molar-refractivity contribution in [2.24, 2.45) is 5.73 Å². The van der Waals surface area contributed by atoms with E-state index in [4.69, 9.17) is 10.8 Å². The van der Waals surface area contributed by atoms with E-state index in [1.54, 1.807) is 0 Å². The lowest BCUT2D eigenvalue weighted by molar-refractivity contribution is 0.384. The van der Waals surface area contributed by atoms with Crippen LogP contribution in [0.5, 0.6) is 11.5 Å². The fraction of sp³-hybridized carbons (Fsp3) is 0.455. The smallest absolute Gasteiger partial charge is 0.206 e. The summed E-state index contributed by atoms with van der Waals surface area (Å²) in [6.07, 6.45) is 3.27. The zero-order chi connectivity index (χ0) is 11.1. The third-order valence-corrected chi connectivity index (χ3v) is 2.96. The molecule has 2 rings (SSSR count). The number of aryl methyl sites for hydroxylation is 1. The molecule has 0 saturated heterocycles. The molecule has 1 aliphatic rings. The molecule has 15 heavy (non-hydrogen) atoms. The lowest BCUT2D eigenvalue weighted by Gasteiger charge is -2.10. The molecule has 1 aromatic carbocycles. The minimum atomic E-state index is -0.950. The maximum atomic E-state index is 13.1. The predicted molar refractivity (Wildman–Crippen MR) is 54.2 cm³/mol. The van der Waals surface area contributed by atoms with E-state index in [1.165, 1.54) is 12.1 Å². The number of rotatable bonds is 3. The highest BCUT2D eigenvalue weighted by molar-refractivity contribution is 5.41. The summed E-state index contributed by atoms with van der Waals surface area (Å²) >= 11 is 0. The van der Waals surface area contributed by atoms with E-state index in [0.29, 0.717) is 12.0 Å².